The van der Waals surface area contributed by atoms with Crippen LogP contribution in [-0.2, 0) is 6.42 Å². The maximum absolute atomic E-state index is 4.38. The molecule has 3 nitrogen and oxygen atoms in total. The van der Waals surface area contributed by atoms with Crippen molar-refractivity contribution in [2.24, 2.45) is 5.92 Å². The molecule has 0 amide bonds. The molecular formula is C15H27N3S. The van der Waals surface area contributed by atoms with Crippen LogP contribution in [-0.4, -0.2) is 16.7 Å². The van der Waals surface area contributed by atoms with Gasteiger partial charge < -0.3 is 5.32 Å². The molecule has 1 heterocycles. The van der Waals surface area contributed by atoms with E-state index >= 15 is 0 Å². The van der Waals surface area contributed by atoms with E-state index in [9.17, 15) is 0 Å². The lowest BCUT2D eigenvalue weighted by Crippen LogP contribution is -2.19. The minimum Gasteiger partial charge on any atom is -0.308 e. The van der Waals surface area contributed by atoms with Gasteiger partial charge in [0.1, 0.15) is 10.0 Å². The third kappa shape index (κ3) is 4.53. The van der Waals surface area contributed by atoms with Gasteiger partial charge in [0.25, 0.3) is 0 Å². The van der Waals surface area contributed by atoms with Crippen LogP contribution in [0.15, 0.2) is 0 Å². The summed E-state index contributed by atoms with van der Waals surface area (Å²) in [6.07, 6.45) is 10.7. The molecule has 1 atom stereocenters. The summed E-state index contributed by atoms with van der Waals surface area (Å²) in [6, 6.07) is 0.394. The highest BCUT2D eigenvalue weighted by atomic mass is 32.1. The van der Waals surface area contributed by atoms with Crippen LogP contribution >= 0.6 is 11.3 Å². The number of aryl methyl sites for hydroxylation is 1. The Hall–Kier alpha value is -0.480. The van der Waals surface area contributed by atoms with Gasteiger partial charge in [0.05, 0.1) is 6.04 Å². The fourth-order valence-electron chi connectivity index (χ4n) is 2.96. The van der Waals surface area contributed by atoms with E-state index in [4.69, 9.17) is 0 Å². The molecule has 2 rings (SSSR count). The number of rotatable bonds is 7. The highest BCUT2D eigenvalue weighted by Gasteiger charge is 2.16. The summed E-state index contributed by atoms with van der Waals surface area (Å²) in [5.41, 5.74) is 0. The summed E-state index contributed by atoms with van der Waals surface area (Å²) in [7, 11) is 0. The molecule has 0 radical (unpaired) electrons. The van der Waals surface area contributed by atoms with E-state index in [0.717, 1.165) is 25.3 Å². The summed E-state index contributed by atoms with van der Waals surface area (Å²) >= 11 is 1.81. The van der Waals surface area contributed by atoms with Gasteiger partial charge in [0.2, 0.25) is 0 Å². The van der Waals surface area contributed by atoms with Crippen molar-refractivity contribution in [2.45, 2.75) is 71.3 Å². The lowest BCUT2D eigenvalue weighted by molar-refractivity contribution is 0.339. The Kier molecular flexibility index (Phi) is 6.24. The second-order valence-electron chi connectivity index (χ2n) is 5.60. The number of hydrogen-bond acceptors (Lipinski definition) is 4. The van der Waals surface area contributed by atoms with Gasteiger partial charge in [-0.2, -0.15) is 0 Å². The normalized spacial score (nSPS) is 18.6. The Morgan fingerprint density at radius 2 is 2.00 bits per heavy atom. The summed E-state index contributed by atoms with van der Waals surface area (Å²) in [4.78, 5) is 0. The first-order valence-electron chi connectivity index (χ1n) is 7.89. The largest absolute Gasteiger partial charge is 0.308 e. The van der Waals surface area contributed by atoms with E-state index < -0.39 is 0 Å². The fraction of sp³-hybridized carbons (Fsp3) is 0.867. The second-order valence-corrected chi connectivity index (χ2v) is 6.69. The van der Waals surface area contributed by atoms with Crippen LogP contribution in [0.25, 0.3) is 0 Å². The molecule has 0 spiro atoms. The molecule has 0 bridgehead atoms. The van der Waals surface area contributed by atoms with Crippen molar-refractivity contribution in [2.75, 3.05) is 6.54 Å². The number of hydrogen-bond donors (Lipinski definition) is 1. The minimum atomic E-state index is 0.394. The Balaban J connectivity index is 1.82. The molecule has 1 unspecified atom stereocenters. The second kappa shape index (κ2) is 7.95. The highest BCUT2D eigenvalue weighted by molar-refractivity contribution is 7.11. The Morgan fingerprint density at radius 1 is 1.21 bits per heavy atom. The summed E-state index contributed by atoms with van der Waals surface area (Å²) in [5.74, 6) is 0.942. The molecule has 1 aromatic rings. The quantitative estimate of drug-likeness (QED) is 0.817. The van der Waals surface area contributed by atoms with Gasteiger partial charge in [-0.1, -0.05) is 57.3 Å². The lowest BCUT2D eigenvalue weighted by atomic mass is 9.86. The third-order valence-electron chi connectivity index (χ3n) is 4.13. The van der Waals surface area contributed by atoms with Crippen molar-refractivity contribution in [1.82, 2.24) is 15.5 Å². The molecule has 0 aromatic carbocycles. The van der Waals surface area contributed by atoms with Crippen LogP contribution in [0.5, 0.6) is 0 Å². The SMILES string of the molecule is CCNC(CC)c1nnc(CCC2CCCCC2)s1. The number of aromatic nitrogens is 2. The molecule has 1 aromatic heterocycles. The molecule has 1 N–H and O–H groups in total. The first-order valence-corrected chi connectivity index (χ1v) is 8.70. The van der Waals surface area contributed by atoms with Crippen LogP contribution in [0.1, 0.15) is 74.9 Å². The van der Waals surface area contributed by atoms with Crippen molar-refractivity contribution >= 4 is 11.3 Å². The van der Waals surface area contributed by atoms with Gasteiger partial charge in [-0.15, -0.1) is 10.2 Å². The number of nitrogens with one attached hydrogen (secondary N) is 1. The maximum atomic E-state index is 4.38. The Labute approximate surface area is 121 Å². The molecule has 1 fully saturated rings. The van der Waals surface area contributed by atoms with Crippen LogP contribution in [0, 0.1) is 5.92 Å². The van der Waals surface area contributed by atoms with Crippen LogP contribution in [0.4, 0.5) is 0 Å². The van der Waals surface area contributed by atoms with Crippen molar-refractivity contribution in [3.05, 3.63) is 10.0 Å². The number of nitrogens with zero attached hydrogens (tertiary/aromatic N) is 2. The van der Waals surface area contributed by atoms with Crippen LogP contribution in [0.3, 0.4) is 0 Å². The van der Waals surface area contributed by atoms with E-state index in [1.807, 2.05) is 11.3 Å². The monoisotopic (exact) mass is 281 g/mol. The van der Waals surface area contributed by atoms with Gasteiger partial charge in [-0.25, -0.2) is 0 Å². The molecule has 1 aliphatic rings. The molecule has 4 heteroatoms. The highest BCUT2D eigenvalue weighted by Crippen LogP contribution is 2.28. The van der Waals surface area contributed by atoms with Crippen molar-refractivity contribution < 1.29 is 0 Å². The maximum Gasteiger partial charge on any atom is 0.134 e. The predicted molar refractivity (Wildman–Crippen MR) is 81.5 cm³/mol. The summed E-state index contributed by atoms with van der Waals surface area (Å²) in [5, 5.41) is 14.6. The average Bonchev–Trinajstić information content (AvgIpc) is 2.92. The zero-order valence-electron chi connectivity index (χ0n) is 12.3. The zero-order chi connectivity index (χ0) is 13.5. The standard InChI is InChI=1S/C15H27N3S/c1-3-13(16-4-2)15-18-17-14(19-15)11-10-12-8-6-5-7-9-12/h12-13,16H,3-11H2,1-2H3. The van der Waals surface area contributed by atoms with E-state index in [1.54, 1.807) is 0 Å². The van der Waals surface area contributed by atoms with E-state index in [0.29, 0.717) is 6.04 Å². The Bertz CT molecular complexity index is 358. The minimum absolute atomic E-state index is 0.394. The molecule has 1 saturated carbocycles. The molecule has 108 valence electrons. The molecule has 0 aliphatic heterocycles. The first-order chi connectivity index (χ1) is 9.33. The van der Waals surface area contributed by atoms with Gasteiger partial charge >= 0.3 is 0 Å². The van der Waals surface area contributed by atoms with E-state index in [-0.39, 0.29) is 0 Å². The van der Waals surface area contributed by atoms with Crippen molar-refractivity contribution in [3.8, 4) is 0 Å². The van der Waals surface area contributed by atoms with E-state index in [1.165, 1.54) is 48.5 Å². The van der Waals surface area contributed by atoms with Gasteiger partial charge in [-0.05, 0) is 25.3 Å². The third-order valence-corrected chi connectivity index (χ3v) is 5.23. The predicted octanol–water partition coefficient (Wildman–Crippen LogP) is 4.11. The topological polar surface area (TPSA) is 37.8 Å². The average molecular weight is 281 g/mol. The van der Waals surface area contributed by atoms with Gasteiger partial charge in [0, 0.05) is 6.42 Å². The summed E-state index contributed by atoms with van der Waals surface area (Å²) in [6.45, 7) is 5.35. The van der Waals surface area contributed by atoms with Gasteiger partial charge in [-0.3, -0.25) is 0 Å². The van der Waals surface area contributed by atoms with Crippen LogP contribution in [0.2, 0.25) is 0 Å². The molecule has 1 aliphatic carbocycles. The smallest absolute Gasteiger partial charge is 0.134 e. The molecule has 19 heavy (non-hydrogen) atoms. The first kappa shape index (κ1) is 14.9. The summed E-state index contributed by atoms with van der Waals surface area (Å²) < 4.78 is 0. The van der Waals surface area contributed by atoms with Crippen LogP contribution < -0.4 is 5.32 Å². The lowest BCUT2D eigenvalue weighted by Gasteiger charge is -2.20. The zero-order valence-corrected chi connectivity index (χ0v) is 13.1. The Morgan fingerprint density at radius 3 is 2.68 bits per heavy atom. The molecule has 0 saturated heterocycles. The fourth-order valence-corrected chi connectivity index (χ4v) is 3.98. The van der Waals surface area contributed by atoms with E-state index in [2.05, 4.69) is 29.4 Å². The molecular weight excluding hydrogens is 254 g/mol. The van der Waals surface area contributed by atoms with Crippen molar-refractivity contribution in [3.63, 3.8) is 0 Å². The van der Waals surface area contributed by atoms with Crippen molar-refractivity contribution in [1.29, 1.82) is 0 Å². The van der Waals surface area contributed by atoms with Gasteiger partial charge in [0.15, 0.2) is 0 Å².